The average Bonchev–Trinajstić information content (AvgIpc) is 3.31. The number of carbonyl (C=O) groups excluding carboxylic acids is 1. The minimum Gasteiger partial charge on any atom is -0.316 e. The van der Waals surface area contributed by atoms with E-state index >= 15 is 0 Å². The molecule has 0 saturated carbocycles. The third kappa shape index (κ3) is 2.67. The molecule has 0 radical (unpaired) electrons. The van der Waals surface area contributed by atoms with Gasteiger partial charge in [0.05, 0.1) is 0 Å². The second-order valence-electron chi connectivity index (χ2n) is 6.29. The number of nitrogens with one attached hydrogen (secondary N) is 2. The van der Waals surface area contributed by atoms with Gasteiger partial charge in [-0.3, -0.25) is 9.89 Å². The lowest BCUT2D eigenvalue weighted by Gasteiger charge is -2.16. The number of amides is 1. The molecule has 1 fully saturated rings. The number of nitrogens with zero attached hydrogens (tertiary/aromatic N) is 2. The predicted molar refractivity (Wildman–Crippen MR) is 95.5 cm³/mol. The summed E-state index contributed by atoms with van der Waals surface area (Å²) in [6, 6.07) is 16.1. The number of hydrogen-bond acceptors (Lipinski definition) is 3. The number of rotatable bonds is 3. The average molecular weight is 320 g/mol. The quantitative estimate of drug-likeness (QED) is 0.780. The highest BCUT2D eigenvalue weighted by Crippen LogP contribution is 2.24. The van der Waals surface area contributed by atoms with E-state index in [2.05, 4.69) is 27.6 Å². The van der Waals surface area contributed by atoms with Gasteiger partial charge in [-0.2, -0.15) is 5.10 Å². The van der Waals surface area contributed by atoms with Gasteiger partial charge in [0.2, 0.25) is 0 Å². The second-order valence-corrected chi connectivity index (χ2v) is 6.29. The monoisotopic (exact) mass is 320 g/mol. The van der Waals surface area contributed by atoms with Crippen molar-refractivity contribution in [1.29, 1.82) is 0 Å². The summed E-state index contributed by atoms with van der Waals surface area (Å²) in [4.78, 5) is 14.4. The van der Waals surface area contributed by atoms with E-state index in [-0.39, 0.29) is 5.91 Å². The first-order chi connectivity index (χ1) is 11.7. The Hall–Kier alpha value is -2.66. The van der Waals surface area contributed by atoms with Gasteiger partial charge in [-0.15, -0.1) is 0 Å². The first-order valence-electron chi connectivity index (χ1n) is 8.25. The van der Waals surface area contributed by atoms with E-state index in [1.165, 1.54) is 0 Å². The summed E-state index contributed by atoms with van der Waals surface area (Å²) < 4.78 is 0. The minimum atomic E-state index is -0.0984. The van der Waals surface area contributed by atoms with Crippen LogP contribution in [0.15, 0.2) is 48.5 Å². The Labute approximate surface area is 140 Å². The maximum Gasteiger partial charge on any atom is 0.278 e. The molecule has 1 saturated heterocycles. The van der Waals surface area contributed by atoms with E-state index in [9.17, 15) is 4.79 Å². The van der Waals surface area contributed by atoms with Crippen molar-refractivity contribution in [1.82, 2.24) is 15.5 Å². The van der Waals surface area contributed by atoms with Gasteiger partial charge in [-0.25, -0.2) is 0 Å². The van der Waals surface area contributed by atoms with Gasteiger partial charge in [-0.1, -0.05) is 30.3 Å². The SMILES string of the molecule is CN(C(=O)c1cc(C2CCNC2)[nH]n1)c1ccc2ccccc2c1. The van der Waals surface area contributed by atoms with Crippen molar-refractivity contribution in [3.05, 3.63) is 59.9 Å². The van der Waals surface area contributed by atoms with E-state index < -0.39 is 0 Å². The van der Waals surface area contributed by atoms with E-state index in [1.807, 2.05) is 36.4 Å². The van der Waals surface area contributed by atoms with Crippen molar-refractivity contribution in [2.45, 2.75) is 12.3 Å². The Kier molecular flexibility index (Phi) is 3.78. The van der Waals surface area contributed by atoms with Crippen molar-refractivity contribution in [3.8, 4) is 0 Å². The van der Waals surface area contributed by atoms with Crippen molar-refractivity contribution in [2.24, 2.45) is 0 Å². The standard InChI is InChI=1S/C19H20N4O/c1-23(16-7-6-13-4-2-3-5-14(13)10-16)19(24)18-11-17(21-22-18)15-8-9-20-12-15/h2-7,10-11,15,20H,8-9,12H2,1H3,(H,21,22). The molecule has 24 heavy (non-hydrogen) atoms. The van der Waals surface area contributed by atoms with Crippen molar-refractivity contribution < 1.29 is 4.79 Å². The molecule has 0 aliphatic carbocycles. The third-order valence-corrected chi connectivity index (χ3v) is 4.74. The number of hydrogen-bond donors (Lipinski definition) is 2. The third-order valence-electron chi connectivity index (χ3n) is 4.74. The fraction of sp³-hybridized carbons (Fsp3) is 0.263. The molecule has 122 valence electrons. The molecule has 1 aliphatic heterocycles. The van der Waals surface area contributed by atoms with Crippen molar-refractivity contribution in [2.75, 3.05) is 25.0 Å². The van der Waals surface area contributed by atoms with Crippen LogP contribution < -0.4 is 10.2 Å². The highest BCUT2D eigenvalue weighted by molar-refractivity contribution is 6.05. The zero-order chi connectivity index (χ0) is 16.5. The van der Waals surface area contributed by atoms with Crippen LogP contribution in [0.25, 0.3) is 10.8 Å². The van der Waals surface area contributed by atoms with E-state index in [0.29, 0.717) is 11.6 Å². The Morgan fingerprint density at radius 2 is 2.00 bits per heavy atom. The van der Waals surface area contributed by atoms with Crippen LogP contribution in [0.5, 0.6) is 0 Å². The smallest absolute Gasteiger partial charge is 0.278 e. The van der Waals surface area contributed by atoms with Crippen LogP contribution in [-0.2, 0) is 0 Å². The summed E-state index contributed by atoms with van der Waals surface area (Å²) in [5.74, 6) is 0.323. The van der Waals surface area contributed by atoms with Crippen LogP contribution in [0.3, 0.4) is 0 Å². The number of aromatic amines is 1. The molecule has 4 rings (SSSR count). The lowest BCUT2D eigenvalue weighted by Crippen LogP contribution is -2.26. The van der Waals surface area contributed by atoms with E-state index in [4.69, 9.17) is 0 Å². The fourth-order valence-corrected chi connectivity index (χ4v) is 3.25. The Morgan fingerprint density at radius 3 is 2.79 bits per heavy atom. The normalized spacial score (nSPS) is 17.3. The largest absolute Gasteiger partial charge is 0.316 e. The second kappa shape index (κ2) is 6.09. The zero-order valence-corrected chi connectivity index (χ0v) is 13.6. The fourth-order valence-electron chi connectivity index (χ4n) is 3.25. The maximum absolute atomic E-state index is 12.7. The van der Waals surface area contributed by atoms with Crippen molar-refractivity contribution >= 4 is 22.4 Å². The molecule has 2 heterocycles. The van der Waals surface area contributed by atoms with Gasteiger partial charge in [0, 0.05) is 30.9 Å². The minimum absolute atomic E-state index is 0.0984. The van der Waals surface area contributed by atoms with E-state index in [1.54, 1.807) is 11.9 Å². The van der Waals surface area contributed by atoms with Crippen LogP contribution >= 0.6 is 0 Å². The Balaban J connectivity index is 1.58. The summed E-state index contributed by atoms with van der Waals surface area (Å²) in [5, 5.41) is 12.9. The number of anilines is 1. The summed E-state index contributed by atoms with van der Waals surface area (Å²) >= 11 is 0. The molecule has 0 bridgehead atoms. The first kappa shape index (κ1) is 14.9. The van der Waals surface area contributed by atoms with Crippen LogP contribution in [-0.4, -0.2) is 36.2 Å². The Morgan fingerprint density at radius 1 is 1.17 bits per heavy atom. The van der Waals surface area contributed by atoms with Gasteiger partial charge in [0.25, 0.3) is 5.91 Å². The highest BCUT2D eigenvalue weighted by atomic mass is 16.2. The van der Waals surface area contributed by atoms with Crippen LogP contribution in [0.4, 0.5) is 5.69 Å². The molecule has 1 aliphatic rings. The summed E-state index contributed by atoms with van der Waals surface area (Å²) in [5.41, 5.74) is 2.37. The van der Waals surface area contributed by atoms with E-state index in [0.717, 1.165) is 41.7 Å². The van der Waals surface area contributed by atoms with Gasteiger partial charge in [0.1, 0.15) is 0 Å². The zero-order valence-electron chi connectivity index (χ0n) is 13.6. The summed E-state index contributed by atoms with van der Waals surface area (Å²) in [6.07, 6.45) is 1.08. The molecular formula is C19H20N4O. The van der Waals surface area contributed by atoms with Gasteiger partial charge in [0.15, 0.2) is 5.69 Å². The summed E-state index contributed by atoms with van der Waals surface area (Å²) in [7, 11) is 1.79. The van der Waals surface area contributed by atoms with Crippen molar-refractivity contribution in [3.63, 3.8) is 0 Å². The molecular weight excluding hydrogens is 300 g/mol. The number of aromatic nitrogens is 2. The Bertz CT molecular complexity index is 880. The lowest BCUT2D eigenvalue weighted by atomic mass is 10.0. The maximum atomic E-state index is 12.7. The number of H-pyrrole nitrogens is 1. The molecule has 1 aromatic heterocycles. The van der Waals surface area contributed by atoms with Gasteiger partial charge < -0.3 is 10.2 Å². The molecule has 5 nitrogen and oxygen atoms in total. The lowest BCUT2D eigenvalue weighted by molar-refractivity contribution is 0.0988. The molecule has 1 amide bonds. The van der Waals surface area contributed by atoms with Crippen LogP contribution in [0, 0.1) is 0 Å². The van der Waals surface area contributed by atoms with Gasteiger partial charge in [-0.05, 0) is 41.9 Å². The molecule has 1 atom stereocenters. The molecule has 5 heteroatoms. The number of benzene rings is 2. The highest BCUT2D eigenvalue weighted by Gasteiger charge is 2.22. The van der Waals surface area contributed by atoms with Crippen LogP contribution in [0.2, 0.25) is 0 Å². The van der Waals surface area contributed by atoms with Crippen LogP contribution in [0.1, 0.15) is 28.5 Å². The molecule has 2 aromatic carbocycles. The molecule has 1 unspecified atom stereocenters. The number of carbonyl (C=O) groups is 1. The first-order valence-corrected chi connectivity index (χ1v) is 8.25. The molecule has 2 N–H and O–H groups in total. The predicted octanol–water partition coefficient (Wildman–Crippen LogP) is 2.92. The molecule has 0 spiro atoms. The summed E-state index contributed by atoms with van der Waals surface area (Å²) in [6.45, 7) is 1.96. The van der Waals surface area contributed by atoms with Gasteiger partial charge >= 0.3 is 0 Å². The molecule has 3 aromatic rings. The topological polar surface area (TPSA) is 61.0 Å². The number of fused-ring (bicyclic) bond motifs is 1.